The number of para-hydroxylation sites is 1. The van der Waals surface area contributed by atoms with Gasteiger partial charge in [0.1, 0.15) is 5.82 Å². The predicted molar refractivity (Wildman–Crippen MR) is 140 cm³/mol. The van der Waals surface area contributed by atoms with E-state index in [1.54, 1.807) is 36.4 Å². The van der Waals surface area contributed by atoms with Gasteiger partial charge in [-0.25, -0.2) is 9.38 Å². The lowest BCUT2D eigenvalue weighted by Crippen LogP contribution is -2.36. The number of fused-ring (bicyclic) bond motifs is 1. The number of amidine groups is 1. The molecule has 1 amide bonds. The summed E-state index contributed by atoms with van der Waals surface area (Å²) in [5.74, 6) is -1.50. The van der Waals surface area contributed by atoms with E-state index in [-0.39, 0.29) is 11.6 Å². The van der Waals surface area contributed by atoms with Gasteiger partial charge in [-0.2, -0.15) is 4.99 Å². The topological polar surface area (TPSA) is 125 Å². The first kappa shape index (κ1) is 24.1. The number of benzene rings is 3. The standard InChI is InChI=1S/C27H25FN6O3/c28-21-8-4-7-20-22(17-5-2-1-3-6-17)31-25(26(35)32-23(20)21)33-27(30)37-24(29)18-9-11-19(12-10-18)34-13-15-36-16-14-34/h1-12,25,29H,13-16H2,(H2,30,33)(H,32,35). The van der Waals surface area contributed by atoms with Crippen molar-refractivity contribution in [2.24, 2.45) is 15.7 Å². The normalized spacial score (nSPS) is 17.8. The van der Waals surface area contributed by atoms with E-state index in [9.17, 15) is 9.18 Å². The highest BCUT2D eigenvalue weighted by atomic mass is 19.1. The number of carbonyl (C=O) groups is 1. The van der Waals surface area contributed by atoms with Gasteiger partial charge in [-0.1, -0.05) is 42.5 Å². The van der Waals surface area contributed by atoms with Crippen molar-refractivity contribution in [1.82, 2.24) is 0 Å². The summed E-state index contributed by atoms with van der Waals surface area (Å²) in [6.45, 7) is 2.95. The maximum absolute atomic E-state index is 14.6. The molecule has 5 rings (SSSR count). The van der Waals surface area contributed by atoms with Crippen LogP contribution in [0.2, 0.25) is 0 Å². The third-order valence-corrected chi connectivity index (χ3v) is 6.01. The van der Waals surface area contributed by atoms with Gasteiger partial charge in [-0.05, 0) is 30.3 Å². The third kappa shape index (κ3) is 5.34. The van der Waals surface area contributed by atoms with Gasteiger partial charge < -0.3 is 25.4 Å². The summed E-state index contributed by atoms with van der Waals surface area (Å²) >= 11 is 0. The van der Waals surface area contributed by atoms with E-state index in [2.05, 4.69) is 20.2 Å². The Kier molecular flexibility index (Phi) is 6.91. The number of ether oxygens (including phenoxy) is 2. The lowest BCUT2D eigenvalue weighted by atomic mass is 10.0. The Morgan fingerprint density at radius 2 is 1.81 bits per heavy atom. The first-order valence-electron chi connectivity index (χ1n) is 11.8. The first-order chi connectivity index (χ1) is 18.0. The van der Waals surface area contributed by atoms with Crippen LogP contribution in [0.5, 0.6) is 0 Å². The monoisotopic (exact) mass is 500 g/mol. The Balaban J connectivity index is 1.38. The van der Waals surface area contributed by atoms with Crippen molar-refractivity contribution < 1.29 is 18.7 Å². The number of halogens is 1. The highest BCUT2D eigenvalue weighted by Gasteiger charge is 2.28. The molecule has 0 aromatic heterocycles. The summed E-state index contributed by atoms with van der Waals surface area (Å²) in [5, 5.41) is 10.8. The zero-order valence-corrected chi connectivity index (χ0v) is 19.9. The van der Waals surface area contributed by atoms with Crippen LogP contribution in [-0.2, 0) is 14.3 Å². The van der Waals surface area contributed by atoms with E-state index in [0.717, 1.165) is 18.8 Å². The number of anilines is 2. The van der Waals surface area contributed by atoms with Crippen LogP contribution in [0.3, 0.4) is 0 Å². The van der Waals surface area contributed by atoms with Crippen LogP contribution in [0.25, 0.3) is 0 Å². The maximum Gasteiger partial charge on any atom is 0.291 e. The van der Waals surface area contributed by atoms with E-state index in [0.29, 0.717) is 35.6 Å². The van der Waals surface area contributed by atoms with Crippen LogP contribution in [0.4, 0.5) is 15.8 Å². The Hall–Kier alpha value is -4.57. The predicted octanol–water partition coefficient (Wildman–Crippen LogP) is 3.13. The highest BCUT2D eigenvalue weighted by Crippen LogP contribution is 2.27. The summed E-state index contributed by atoms with van der Waals surface area (Å²) in [6.07, 6.45) is -1.35. The molecule has 4 N–H and O–H groups in total. The van der Waals surface area contributed by atoms with Gasteiger partial charge in [0.05, 0.1) is 24.6 Å². The third-order valence-electron chi connectivity index (χ3n) is 6.01. The fourth-order valence-electron chi connectivity index (χ4n) is 4.16. The van der Waals surface area contributed by atoms with Crippen LogP contribution in [0.1, 0.15) is 16.7 Å². The molecule has 0 bridgehead atoms. The van der Waals surface area contributed by atoms with Crippen molar-refractivity contribution in [3.05, 3.63) is 95.3 Å². The fraction of sp³-hybridized carbons (Fsp3) is 0.185. The van der Waals surface area contributed by atoms with Crippen LogP contribution in [-0.4, -0.2) is 56.0 Å². The number of nitrogens with one attached hydrogen (secondary N) is 2. The number of amides is 1. The Morgan fingerprint density at radius 1 is 1.08 bits per heavy atom. The Bertz CT molecular complexity index is 1370. The van der Waals surface area contributed by atoms with Crippen molar-refractivity contribution in [2.45, 2.75) is 6.17 Å². The zero-order chi connectivity index (χ0) is 25.8. The smallest absolute Gasteiger partial charge is 0.291 e. The molecule has 2 aliphatic heterocycles. The molecule has 9 nitrogen and oxygen atoms in total. The summed E-state index contributed by atoms with van der Waals surface area (Å²) < 4.78 is 25.4. The number of hydrogen-bond donors (Lipinski definition) is 3. The minimum absolute atomic E-state index is 0.0143. The number of hydrogen-bond acceptors (Lipinski definition) is 7. The lowest BCUT2D eigenvalue weighted by molar-refractivity contribution is -0.117. The second-order valence-corrected chi connectivity index (χ2v) is 8.41. The van der Waals surface area contributed by atoms with E-state index in [4.69, 9.17) is 20.6 Å². The molecule has 0 aliphatic carbocycles. The molecule has 1 atom stereocenters. The number of aliphatic imine (C=N–C) groups is 2. The Labute approximate surface area is 212 Å². The second kappa shape index (κ2) is 10.6. The number of nitrogens with zero attached hydrogens (tertiary/aromatic N) is 3. The molecule has 3 aromatic rings. The average molecular weight is 501 g/mol. The molecule has 0 spiro atoms. The number of nitrogens with two attached hydrogens (primary N) is 1. The summed E-state index contributed by atoms with van der Waals surface area (Å²) in [4.78, 5) is 23.7. The van der Waals surface area contributed by atoms with Crippen molar-refractivity contribution in [3.8, 4) is 0 Å². The van der Waals surface area contributed by atoms with Crippen LogP contribution in [0, 0.1) is 11.2 Å². The van der Waals surface area contributed by atoms with Crippen molar-refractivity contribution in [2.75, 3.05) is 36.5 Å². The van der Waals surface area contributed by atoms with E-state index < -0.39 is 23.9 Å². The fourth-order valence-corrected chi connectivity index (χ4v) is 4.16. The van der Waals surface area contributed by atoms with Crippen LogP contribution in [0.15, 0.2) is 82.8 Å². The number of rotatable bonds is 4. The van der Waals surface area contributed by atoms with E-state index in [1.165, 1.54) is 6.07 Å². The van der Waals surface area contributed by atoms with Crippen LogP contribution >= 0.6 is 0 Å². The molecular weight excluding hydrogens is 475 g/mol. The molecule has 1 saturated heterocycles. The Morgan fingerprint density at radius 3 is 2.54 bits per heavy atom. The second-order valence-electron chi connectivity index (χ2n) is 8.41. The van der Waals surface area contributed by atoms with Gasteiger partial charge in [0.2, 0.25) is 12.1 Å². The molecule has 3 aromatic carbocycles. The molecule has 0 saturated carbocycles. The van der Waals surface area contributed by atoms with Crippen molar-refractivity contribution >= 4 is 34.9 Å². The maximum atomic E-state index is 14.6. The molecular formula is C27H25FN6O3. The van der Waals surface area contributed by atoms with Crippen molar-refractivity contribution in [1.29, 1.82) is 5.41 Å². The van der Waals surface area contributed by atoms with E-state index in [1.807, 2.05) is 30.3 Å². The molecule has 0 radical (unpaired) electrons. The molecule has 37 heavy (non-hydrogen) atoms. The quantitative estimate of drug-likeness (QED) is 0.375. The van der Waals surface area contributed by atoms with Gasteiger partial charge in [-0.15, -0.1) is 0 Å². The molecule has 2 aliphatic rings. The lowest BCUT2D eigenvalue weighted by Gasteiger charge is -2.28. The van der Waals surface area contributed by atoms with E-state index >= 15 is 0 Å². The number of benzodiazepines with no additional fused rings is 1. The average Bonchev–Trinajstić information content (AvgIpc) is 3.07. The van der Waals surface area contributed by atoms with Crippen LogP contribution < -0.4 is 16.0 Å². The number of carbonyl (C=O) groups excluding carboxylic acids is 1. The summed E-state index contributed by atoms with van der Waals surface area (Å²) in [5.41, 5.74) is 8.97. The molecule has 188 valence electrons. The highest BCUT2D eigenvalue weighted by molar-refractivity contribution is 6.19. The summed E-state index contributed by atoms with van der Waals surface area (Å²) in [7, 11) is 0. The number of morpholine rings is 1. The molecule has 2 heterocycles. The van der Waals surface area contributed by atoms with Gasteiger partial charge >= 0.3 is 0 Å². The minimum atomic E-state index is -1.35. The largest absolute Gasteiger partial charge is 0.407 e. The van der Waals surface area contributed by atoms with Crippen molar-refractivity contribution in [3.63, 3.8) is 0 Å². The molecule has 1 fully saturated rings. The SMILES string of the molecule is N=C(O/C(N)=N/C1N=C(c2ccccc2)c2cccc(F)c2NC1=O)c1ccc(N2CCOCC2)cc1. The summed E-state index contributed by atoms with van der Waals surface area (Å²) in [6, 6.07) is 20.5. The van der Waals surface area contributed by atoms with Gasteiger partial charge in [0, 0.05) is 35.5 Å². The van der Waals surface area contributed by atoms with Gasteiger partial charge in [0.15, 0.2) is 0 Å². The molecule has 1 unspecified atom stereocenters. The van der Waals surface area contributed by atoms with Gasteiger partial charge in [0.25, 0.3) is 11.9 Å². The first-order valence-corrected chi connectivity index (χ1v) is 11.8. The molecule has 10 heteroatoms. The van der Waals surface area contributed by atoms with Gasteiger partial charge in [-0.3, -0.25) is 10.2 Å². The minimum Gasteiger partial charge on any atom is -0.407 e. The zero-order valence-electron chi connectivity index (χ0n) is 19.9.